The Morgan fingerprint density at radius 2 is 2.00 bits per heavy atom. The highest BCUT2D eigenvalue weighted by Crippen LogP contribution is 2.29. The van der Waals surface area contributed by atoms with Crippen molar-refractivity contribution in [3.8, 4) is 0 Å². The third kappa shape index (κ3) is 3.89. The quantitative estimate of drug-likeness (QED) is 0.795. The highest BCUT2D eigenvalue weighted by atomic mass is 35.5. The zero-order chi connectivity index (χ0) is 15.6. The van der Waals surface area contributed by atoms with Gasteiger partial charge in [0.15, 0.2) is 0 Å². The molecule has 6 heteroatoms. The summed E-state index contributed by atoms with van der Waals surface area (Å²) in [6, 6.07) is 3.80. The summed E-state index contributed by atoms with van der Waals surface area (Å²) in [6.45, 7) is 2.72. The standard InChI is InChI=1S/C15H20Cl2N2O2/c1-18(2)11-4-5-19(8-11)9-12-13(16)6-10(7-14(12)17)15(20)21-3/h6-7,11H,4-5,8-9H2,1-3H3. The maximum Gasteiger partial charge on any atom is 0.337 e. The van der Waals surface area contributed by atoms with E-state index in [9.17, 15) is 4.79 Å². The van der Waals surface area contributed by atoms with Gasteiger partial charge in [0.05, 0.1) is 12.7 Å². The lowest BCUT2D eigenvalue weighted by Crippen LogP contribution is -2.31. The van der Waals surface area contributed by atoms with Crippen molar-refractivity contribution in [1.82, 2.24) is 9.80 Å². The summed E-state index contributed by atoms with van der Waals surface area (Å²) in [4.78, 5) is 16.1. The molecule has 0 N–H and O–H groups in total. The lowest BCUT2D eigenvalue weighted by atomic mass is 10.1. The number of halogens is 2. The van der Waals surface area contributed by atoms with Crippen molar-refractivity contribution in [3.05, 3.63) is 33.3 Å². The Kier molecular flexibility index (Phi) is 5.49. The number of nitrogens with zero attached hydrogens (tertiary/aromatic N) is 2. The van der Waals surface area contributed by atoms with Crippen LogP contribution in [0.1, 0.15) is 22.3 Å². The fraction of sp³-hybridized carbons (Fsp3) is 0.533. The molecule has 4 nitrogen and oxygen atoms in total. The van der Waals surface area contributed by atoms with Crippen LogP contribution in [0, 0.1) is 0 Å². The van der Waals surface area contributed by atoms with Crippen LogP contribution in [-0.2, 0) is 11.3 Å². The Hall–Kier alpha value is -0.810. The molecule has 0 aliphatic carbocycles. The van der Waals surface area contributed by atoms with Gasteiger partial charge in [-0.05, 0) is 32.6 Å². The van der Waals surface area contributed by atoms with Crippen molar-refractivity contribution in [1.29, 1.82) is 0 Å². The molecule has 1 aromatic carbocycles. The molecule has 1 aliphatic heterocycles. The Morgan fingerprint density at radius 1 is 1.38 bits per heavy atom. The summed E-state index contributed by atoms with van der Waals surface area (Å²) >= 11 is 12.6. The number of likely N-dealkylation sites (tertiary alicyclic amines) is 1. The number of methoxy groups -OCH3 is 1. The summed E-state index contributed by atoms with van der Waals surface area (Å²) in [5, 5.41) is 1.02. The molecule has 1 heterocycles. The minimum atomic E-state index is -0.431. The lowest BCUT2D eigenvalue weighted by Gasteiger charge is -2.21. The van der Waals surface area contributed by atoms with Gasteiger partial charge < -0.3 is 9.64 Å². The largest absolute Gasteiger partial charge is 0.465 e. The van der Waals surface area contributed by atoms with Crippen LogP contribution in [0.4, 0.5) is 0 Å². The first-order chi connectivity index (χ1) is 9.92. The second-order valence-corrected chi connectivity index (χ2v) is 6.37. The molecular formula is C15H20Cl2N2O2. The molecule has 21 heavy (non-hydrogen) atoms. The maximum atomic E-state index is 11.5. The van der Waals surface area contributed by atoms with Crippen molar-refractivity contribution >= 4 is 29.2 Å². The second-order valence-electron chi connectivity index (χ2n) is 5.55. The van der Waals surface area contributed by atoms with Gasteiger partial charge in [-0.3, -0.25) is 4.90 Å². The molecule has 1 aromatic rings. The first-order valence-electron chi connectivity index (χ1n) is 6.87. The number of carbonyl (C=O) groups excluding carboxylic acids is 1. The normalized spacial score (nSPS) is 19.2. The zero-order valence-corrected chi connectivity index (χ0v) is 14.0. The third-order valence-corrected chi connectivity index (χ3v) is 4.60. The smallest absolute Gasteiger partial charge is 0.337 e. The van der Waals surface area contributed by atoms with E-state index in [1.807, 2.05) is 0 Å². The fourth-order valence-corrected chi connectivity index (χ4v) is 3.20. The van der Waals surface area contributed by atoms with Gasteiger partial charge in [0.2, 0.25) is 0 Å². The summed E-state index contributed by atoms with van der Waals surface area (Å²) in [7, 11) is 5.53. The average molecular weight is 331 g/mol. The van der Waals surface area contributed by atoms with E-state index in [0.717, 1.165) is 25.1 Å². The summed E-state index contributed by atoms with van der Waals surface area (Å²) in [6.07, 6.45) is 1.14. The van der Waals surface area contributed by atoms with Crippen molar-refractivity contribution in [3.63, 3.8) is 0 Å². The highest BCUT2D eigenvalue weighted by Gasteiger charge is 2.25. The minimum Gasteiger partial charge on any atom is -0.465 e. The molecule has 0 aromatic heterocycles. The Balaban J connectivity index is 2.13. The van der Waals surface area contributed by atoms with Gasteiger partial charge in [0.25, 0.3) is 0 Å². The monoisotopic (exact) mass is 330 g/mol. The highest BCUT2D eigenvalue weighted by molar-refractivity contribution is 6.36. The predicted octanol–water partition coefficient (Wildman–Crippen LogP) is 2.92. The minimum absolute atomic E-state index is 0.379. The molecule has 0 bridgehead atoms. The predicted molar refractivity (Wildman–Crippen MR) is 85.2 cm³/mol. The fourth-order valence-electron chi connectivity index (χ4n) is 2.59. The number of hydrogen-bond donors (Lipinski definition) is 0. The number of likely N-dealkylation sites (N-methyl/N-ethyl adjacent to an activating group) is 1. The van der Waals surface area contributed by atoms with Crippen LogP contribution in [-0.4, -0.2) is 56.1 Å². The summed E-state index contributed by atoms with van der Waals surface area (Å²) < 4.78 is 4.69. The first kappa shape index (κ1) is 16.6. The Morgan fingerprint density at radius 3 is 2.48 bits per heavy atom. The Labute approximate surface area is 135 Å². The number of benzene rings is 1. The van der Waals surface area contributed by atoms with Crippen molar-refractivity contribution in [2.45, 2.75) is 19.0 Å². The summed E-state index contributed by atoms with van der Waals surface area (Å²) in [5.74, 6) is -0.431. The number of hydrogen-bond acceptors (Lipinski definition) is 4. The molecule has 0 amide bonds. The first-order valence-corrected chi connectivity index (χ1v) is 7.63. The van der Waals surface area contributed by atoms with E-state index in [4.69, 9.17) is 23.2 Å². The number of rotatable bonds is 4. The van der Waals surface area contributed by atoms with E-state index in [1.165, 1.54) is 7.11 Å². The number of esters is 1. The van der Waals surface area contributed by atoms with Gasteiger partial charge in [-0.25, -0.2) is 4.79 Å². The zero-order valence-electron chi connectivity index (χ0n) is 12.5. The van der Waals surface area contributed by atoms with Crippen molar-refractivity contribution < 1.29 is 9.53 Å². The van der Waals surface area contributed by atoms with Crippen LogP contribution in [0.15, 0.2) is 12.1 Å². The van der Waals surface area contributed by atoms with Gasteiger partial charge in [-0.1, -0.05) is 23.2 Å². The molecule has 1 fully saturated rings. The molecule has 1 unspecified atom stereocenters. The van der Waals surface area contributed by atoms with Gasteiger partial charge in [-0.2, -0.15) is 0 Å². The van der Waals surface area contributed by atoms with Crippen LogP contribution in [0.2, 0.25) is 10.0 Å². The molecule has 0 radical (unpaired) electrons. The SMILES string of the molecule is COC(=O)c1cc(Cl)c(CN2CCC(N(C)C)C2)c(Cl)c1. The van der Waals surface area contributed by atoms with Crippen LogP contribution < -0.4 is 0 Å². The molecular weight excluding hydrogens is 311 g/mol. The van der Waals surface area contributed by atoms with Gasteiger partial charge in [0.1, 0.15) is 0 Å². The molecule has 116 valence electrons. The van der Waals surface area contributed by atoms with E-state index in [2.05, 4.69) is 28.6 Å². The third-order valence-electron chi connectivity index (χ3n) is 3.92. The number of carbonyl (C=O) groups is 1. The molecule has 2 rings (SSSR count). The molecule has 1 saturated heterocycles. The maximum absolute atomic E-state index is 11.5. The van der Waals surface area contributed by atoms with Crippen LogP contribution in [0.3, 0.4) is 0 Å². The van der Waals surface area contributed by atoms with Crippen molar-refractivity contribution in [2.24, 2.45) is 0 Å². The molecule has 1 atom stereocenters. The second kappa shape index (κ2) is 6.97. The molecule has 1 aliphatic rings. The van der Waals surface area contributed by atoms with E-state index >= 15 is 0 Å². The van der Waals surface area contributed by atoms with Gasteiger partial charge >= 0.3 is 5.97 Å². The van der Waals surface area contributed by atoms with E-state index in [1.54, 1.807) is 12.1 Å². The van der Waals surface area contributed by atoms with E-state index in [0.29, 0.717) is 28.2 Å². The van der Waals surface area contributed by atoms with E-state index in [-0.39, 0.29) is 0 Å². The van der Waals surface area contributed by atoms with Crippen molar-refractivity contribution in [2.75, 3.05) is 34.3 Å². The topological polar surface area (TPSA) is 32.8 Å². The molecule has 0 saturated carbocycles. The van der Waals surface area contributed by atoms with Crippen LogP contribution >= 0.6 is 23.2 Å². The lowest BCUT2D eigenvalue weighted by molar-refractivity contribution is 0.0600. The molecule has 0 spiro atoms. The average Bonchev–Trinajstić information content (AvgIpc) is 2.90. The van der Waals surface area contributed by atoms with Gasteiger partial charge in [0, 0.05) is 41.3 Å². The Bertz CT molecular complexity index is 511. The number of ether oxygens (including phenoxy) is 1. The van der Waals surface area contributed by atoms with Crippen LogP contribution in [0.25, 0.3) is 0 Å². The van der Waals surface area contributed by atoms with E-state index < -0.39 is 5.97 Å². The van der Waals surface area contributed by atoms with Gasteiger partial charge in [-0.15, -0.1) is 0 Å². The van der Waals surface area contributed by atoms with Crippen LogP contribution in [0.5, 0.6) is 0 Å². The summed E-state index contributed by atoms with van der Waals surface area (Å²) in [5.41, 5.74) is 1.24.